The Morgan fingerprint density at radius 2 is 1.80 bits per heavy atom. The summed E-state index contributed by atoms with van der Waals surface area (Å²) in [5, 5.41) is 11.8. The first kappa shape index (κ1) is 17.3. The average molecular weight is 362 g/mol. The molecule has 9 heteroatoms. The summed E-state index contributed by atoms with van der Waals surface area (Å²) in [6, 6.07) is 6.69. The molecular weight excluding hydrogens is 344 g/mol. The van der Waals surface area contributed by atoms with Gasteiger partial charge in [0.25, 0.3) is 0 Å². The number of benzene rings is 1. The number of anilines is 1. The Bertz CT molecular complexity index is 845. The SMILES string of the molecule is O=C(O)c1cnc(NCc2ccc(S(=O)(=O)N3CCCC3)cc2)cn1. The summed E-state index contributed by atoms with van der Waals surface area (Å²) in [5.74, 6) is -0.687. The van der Waals surface area contributed by atoms with E-state index in [1.54, 1.807) is 24.3 Å². The first-order valence-electron chi connectivity index (χ1n) is 7.85. The number of aromatic nitrogens is 2. The predicted molar refractivity (Wildman–Crippen MR) is 90.8 cm³/mol. The van der Waals surface area contributed by atoms with Crippen molar-refractivity contribution in [1.29, 1.82) is 0 Å². The van der Waals surface area contributed by atoms with Gasteiger partial charge in [-0.2, -0.15) is 4.31 Å². The summed E-state index contributed by atoms with van der Waals surface area (Å²) in [6.45, 7) is 1.58. The second-order valence-electron chi connectivity index (χ2n) is 5.70. The van der Waals surface area contributed by atoms with Crippen molar-refractivity contribution in [2.75, 3.05) is 18.4 Å². The van der Waals surface area contributed by atoms with Gasteiger partial charge in [0.1, 0.15) is 5.82 Å². The zero-order chi connectivity index (χ0) is 17.9. The highest BCUT2D eigenvalue weighted by Crippen LogP contribution is 2.21. The summed E-state index contributed by atoms with van der Waals surface area (Å²) >= 11 is 0. The Labute approximate surface area is 145 Å². The van der Waals surface area contributed by atoms with Gasteiger partial charge in [0.2, 0.25) is 10.0 Å². The second-order valence-corrected chi connectivity index (χ2v) is 7.64. The maximum atomic E-state index is 12.5. The smallest absolute Gasteiger partial charge is 0.356 e. The summed E-state index contributed by atoms with van der Waals surface area (Å²) in [7, 11) is -3.40. The molecule has 8 nitrogen and oxygen atoms in total. The Morgan fingerprint density at radius 1 is 1.12 bits per heavy atom. The number of carbonyl (C=O) groups is 1. The molecule has 0 atom stereocenters. The second kappa shape index (κ2) is 7.16. The van der Waals surface area contributed by atoms with E-state index in [4.69, 9.17) is 5.11 Å². The Kier molecular flexibility index (Phi) is 4.95. The molecule has 0 amide bonds. The van der Waals surface area contributed by atoms with Crippen LogP contribution in [0.15, 0.2) is 41.6 Å². The van der Waals surface area contributed by atoms with Crippen LogP contribution in [0.2, 0.25) is 0 Å². The molecule has 0 radical (unpaired) electrons. The lowest BCUT2D eigenvalue weighted by molar-refractivity contribution is 0.0690. The molecule has 2 aromatic rings. The lowest BCUT2D eigenvalue weighted by Crippen LogP contribution is -2.27. The normalized spacial score (nSPS) is 15.2. The molecule has 1 aliphatic heterocycles. The van der Waals surface area contributed by atoms with Crippen molar-refractivity contribution in [2.45, 2.75) is 24.3 Å². The zero-order valence-electron chi connectivity index (χ0n) is 13.4. The van der Waals surface area contributed by atoms with Crippen LogP contribution >= 0.6 is 0 Å². The molecule has 1 aromatic carbocycles. The van der Waals surface area contributed by atoms with Crippen molar-refractivity contribution in [3.8, 4) is 0 Å². The highest BCUT2D eigenvalue weighted by Gasteiger charge is 2.26. The third kappa shape index (κ3) is 3.94. The molecule has 0 bridgehead atoms. The minimum absolute atomic E-state index is 0.123. The summed E-state index contributed by atoms with van der Waals surface area (Å²) < 4.78 is 26.4. The van der Waals surface area contributed by atoms with E-state index >= 15 is 0 Å². The van der Waals surface area contributed by atoms with Gasteiger partial charge in [0.05, 0.1) is 17.3 Å². The van der Waals surface area contributed by atoms with Crippen molar-refractivity contribution >= 4 is 21.8 Å². The number of hydrogen-bond acceptors (Lipinski definition) is 6. The first-order chi connectivity index (χ1) is 12.0. The van der Waals surface area contributed by atoms with Crippen LogP contribution < -0.4 is 5.32 Å². The third-order valence-electron chi connectivity index (χ3n) is 3.97. The van der Waals surface area contributed by atoms with Crippen LogP contribution in [0.3, 0.4) is 0 Å². The summed E-state index contributed by atoms with van der Waals surface area (Å²) in [4.78, 5) is 18.8. The number of hydrogen-bond donors (Lipinski definition) is 2. The monoisotopic (exact) mass is 362 g/mol. The third-order valence-corrected chi connectivity index (χ3v) is 5.88. The van der Waals surface area contributed by atoms with Crippen molar-refractivity contribution in [2.24, 2.45) is 0 Å². The minimum atomic E-state index is -3.40. The van der Waals surface area contributed by atoms with E-state index < -0.39 is 16.0 Å². The highest BCUT2D eigenvalue weighted by atomic mass is 32.2. The van der Waals surface area contributed by atoms with Gasteiger partial charge in [0, 0.05) is 19.6 Å². The van der Waals surface area contributed by atoms with Crippen molar-refractivity contribution in [3.63, 3.8) is 0 Å². The topological polar surface area (TPSA) is 112 Å². The van der Waals surface area contributed by atoms with Crippen LogP contribution in [-0.4, -0.2) is 46.9 Å². The zero-order valence-corrected chi connectivity index (χ0v) is 14.2. The van der Waals surface area contributed by atoms with E-state index in [-0.39, 0.29) is 5.69 Å². The maximum absolute atomic E-state index is 12.5. The molecule has 1 fully saturated rings. The number of carboxylic acids is 1. The van der Waals surface area contributed by atoms with Gasteiger partial charge in [-0.3, -0.25) is 0 Å². The number of nitrogens with zero attached hydrogens (tertiary/aromatic N) is 3. The first-order valence-corrected chi connectivity index (χ1v) is 9.29. The lowest BCUT2D eigenvalue weighted by Gasteiger charge is -2.15. The quantitative estimate of drug-likeness (QED) is 0.802. The van der Waals surface area contributed by atoms with Crippen LogP contribution in [0.1, 0.15) is 28.9 Å². The lowest BCUT2D eigenvalue weighted by atomic mass is 10.2. The Balaban J connectivity index is 1.63. The summed E-state index contributed by atoms with van der Waals surface area (Å²) in [5.41, 5.74) is 0.756. The van der Waals surface area contributed by atoms with Crippen LogP contribution in [-0.2, 0) is 16.6 Å². The van der Waals surface area contributed by atoms with E-state index in [2.05, 4.69) is 15.3 Å². The van der Waals surface area contributed by atoms with Crippen molar-refractivity contribution in [1.82, 2.24) is 14.3 Å². The maximum Gasteiger partial charge on any atom is 0.356 e. The largest absolute Gasteiger partial charge is 0.476 e. The molecule has 1 saturated heterocycles. The van der Waals surface area contributed by atoms with E-state index in [1.807, 2.05) is 0 Å². The van der Waals surface area contributed by atoms with Gasteiger partial charge in [-0.15, -0.1) is 0 Å². The molecule has 1 aliphatic rings. The number of rotatable bonds is 6. The van der Waals surface area contributed by atoms with Gasteiger partial charge in [-0.05, 0) is 30.5 Å². The van der Waals surface area contributed by atoms with E-state index in [0.29, 0.717) is 30.3 Å². The van der Waals surface area contributed by atoms with Gasteiger partial charge in [-0.1, -0.05) is 12.1 Å². The molecule has 0 aliphatic carbocycles. The average Bonchev–Trinajstić information content (AvgIpc) is 3.16. The predicted octanol–water partition coefficient (Wildman–Crippen LogP) is 1.57. The van der Waals surface area contributed by atoms with E-state index in [0.717, 1.165) is 18.4 Å². The van der Waals surface area contributed by atoms with E-state index in [1.165, 1.54) is 16.7 Å². The molecule has 1 aromatic heterocycles. The van der Waals surface area contributed by atoms with Crippen LogP contribution in [0, 0.1) is 0 Å². The molecule has 2 heterocycles. The fourth-order valence-electron chi connectivity index (χ4n) is 2.58. The van der Waals surface area contributed by atoms with Crippen LogP contribution in [0.25, 0.3) is 0 Å². The molecule has 132 valence electrons. The highest BCUT2D eigenvalue weighted by molar-refractivity contribution is 7.89. The fraction of sp³-hybridized carbons (Fsp3) is 0.312. The number of carboxylic acid groups (broad SMARTS) is 1. The van der Waals surface area contributed by atoms with Crippen LogP contribution in [0.5, 0.6) is 0 Å². The summed E-state index contributed by atoms with van der Waals surface area (Å²) in [6.07, 6.45) is 4.33. The van der Waals surface area contributed by atoms with Gasteiger partial charge >= 0.3 is 5.97 Å². The molecule has 0 spiro atoms. The fourth-order valence-corrected chi connectivity index (χ4v) is 4.10. The molecule has 2 N–H and O–H groups in total. The molecule has 3 rings (SSSR count). The van der Waals surface area contributed by atoms with Gasteiger partial charge < -0.3 is 10.4 Å². The molecule has 25 heavy (non-hydrogen) atoms. The molecular formula is C16H18N4O4S. The number of sulfonamides is 1. The van der Waals surface area contributed by atoms with Crippen LogP contribution in [0.4, 0.5) is 5.82 Å². The van der Waals surface area contributed by atoms with E-state index in [9.17, 15) is 13.2 Å². The Hall–Kier alpha value is -2.52. The minimum Gasteiger partial charge on any atom is -0.476 e. The van der Waals surface area contributed by atoms with Crippen molar-refractivity contribution in [3.05, 3.63) is 47.9 Å². The standard InChI is InChI=1S/C16H18N4O4S/c21-16(22)14-10-19-15(11-17-14)18-9-12-3-5-13(6-4-12)25(23,24)20-7-1-2-8-20/h3-6,10-11H,1-2,7-9H2,(H,18,19)(H,21,22). The van der Waals surface area contributed by atoms with Gasteiger partial charge in [-0.25, -0.2) is 23.2 Å². The van der Waals surface area contributed by atoms with Gasteiger partial charge in [0.15, 0.2) is 5.69 Å². The number of nitrogens with one attached hydrogen (secondary N) is 1. The Morgan fingerprint density at radius 3 is 2.36 bits per heavy atom. The number of aromatic carboxylic acids is 1. The molecule has 0 saturated carbocycles. The van der Waals surface area contributed by atoms with Crippen molar-refractivity contribution < 1.29 is 18.3 Å². The molecule has 0 unspecified atom stereocenters.